The number of carbonyl (C=O) groups excluding carboxylic acids is 2. The van der Waals surface area contributed by atoms with Crippen LogP contribution in [0.3, 0.4) is 0 Å². The average Bonchev–Trinajstić information content (AvgIpc) is 3.24. The molecular formula is C15H14O6. The highest BCUT2D eigenvalue weighted by molar-refractivity contribution is 5.95. The van der Waals surface area contributed by atoms with Gasteiger partial charge in [-0.25, -0.2) is 9.59 Å². The zero-order valence-corrected chi connectivity index (χ0v) is 11.7. The molecule has 4 aliphatic heterocycles. The summed E-state index contributed by atoms with van der Waals surface area (Å²) in [5.74, 6) is -0.278. The summed E-state index contributed by atoms with van der Waals surface area (Å²) in [7, 11) is 0. The van der Waals surface area contributed by atoms with Gasteiger partial charge in [-0.05, 0) is 32.8 Å². The molecule has 0 aromatic heterocycles. The second-order valence-electron chi connectivity index (χ2n) is 6.52. The van der Waals surface area contributed by atoms with Gasteiger partial charge in [0.15, 0.2) is 11.7 Å². The van der Waals surface area contributed by atoms with Crippen LogP contribution in [-0.4, -0.2) is 41.5 Å². The standard InChI is InChI=1S/C15H14O6/c1-6-9-7(18-12(6)16)5-14(2)8(20-14)3-4-15-11(21-15)10(9)19-13(15)17/h5,8,10-11H,3-4H2,1-2H3/b7-5+/t8-,10+,11-,14-,15+/m0/s1. The second kappa shape index (κ2) is 3.23. The SMILES string of the molecule is CC1=C2/C(=C\[C@]3(C)O[C@H]3CC[C@@]34O[C@H]3[C@@H]2OC4=O)OC1=O. The quantitative estimate of drug-likeness (QED) is 0.484. The minimum atomic E-state index is -0.834. The van der Waals surface area contributed by atoms with Crippen molar-refractivity contribution in [2.45, 2.75) is 56.2 Å². The highest BCUT2D eigenvalue weighted by Gasteiger charge is 2.75. The first-order valence-electron chi connectivity index (χ1n) is 7.17. The Balaban J connectivity index is 1.68. The van der Waals surface area contributed by atoms with Crippen LogP contribution in [0.5, 0.6) is 0 Å². The van der Waals surface area contributed by atoms with E-state index >= 15 is 0 Å². The third kappa shape index (κ3) is 1.30. The van der Waals surface area contributed by atoms with Gasteiger partial charge < -0.3 is 18.9 Å². The molecule has 0 spiro atoms. The fourth-order valence-corrected chi connectivity index (χ4v) is 3.79. The van der Waals surface area contributed by atoms with E-state index in [-0.39, 0.29) is 18.2 Å². The van der Waals surface area contributed by atoms with E-state index in [1.807, 2.05) is 13.0 Å². The molecular weight excluding hydrogens is 276 g/mol. The smallest absolute Gasteiger partial charge is 0.342 e. The Morgan fingerprint density at radius 1 is 1.29 bits per heavy atom. The molecule has 4 heterocycles. The van der Waals surface area contributed by atoms with E-state index in [1.54, 1.807) is 6.92 Å². The topological polar surface area (TPSA) is 77.7 Å². The number of epoxide rings is 2. The first-order valence-corrected chi connectivity index (χ1v) is 7.17. The Labute approximate surface area is 120 Å². The maximum Gasteiger partial charge on any atom is 0.342 e. The number of hydrogen-bond donors (Lipinski definition) is 0. The molecule has 0 aromatic rings. The second-order valence-corrected chi connectivity index (χ2v) is 6.52. The molecule has 6 heteroatoms. The lowest BCUT2D eigenvalue weighted by Crippen LogP contribution is -2.23. The van der Waals surface area contributed by atoms with Crippen molar-refractivity contribution in [3.8, 4) is 0 Å². The van der Waals surface area contributed by atoms with Gasteiger partial charge in [0.1, 0.15) is 17.5 Å². The van der Waals surface area contributed by atoms with Crippen molar-refractivity contribution in [2.24, 2.45) is 0 Å². The third-order valence-electron chi connectivity index (χ3n) is 5.23. The summed E-state index contributed by atoms with van der Waals surface area (Å²) in [6.07, 6.45) is 2.32. The van der Waals surface area contributed by atoms with Gasteiger partial charge in [0.05, 0.1) is 6.10 Å². The summed E-state index contributed by atoms with van der Waals surface area (Å²) in [5.41, 5.74) is -0.160. The number of hydrogen-bond acceptors (Lipinski definition) is 6. The van der Waals surface area contributed by atoms with Gasteiger partial charge in [-0.2, -0.15) is 0 Å². The maximum absolute atomic E-state index is 12.2. The Bertz CT molecular complexity index is 676. The highest BCUT2D eigenvalue weighted by Crippen LogP contribution is 2.57. The predicted octanol–water partition coefficient (Wildman–Crippen LogP) is 0.758. The zero-order valence-electron chi connectivity index (χ0n) is 11.7. The average molecular weight is 290 g/mol. The lowest BCUT2D eigenvalue weighted by atomic mass is 9.89. The molecule has 21 heavy (non-hydrogen) atoms. The lowest BCUT2D eigenvalue weighted by molar-refractivity contribution is -0.152. The van der Waals surface area contributed by atoms with E-state index in [2.05, 4.69) is 0 Å². The van der Waals surface area contributed by atoms with Crippen molar-refractivity contribution >= 4 is 11.9 Å². The molecule has 3 fully saturated rings. The summed E-state index contributed by atoms with van der Waals surface area (Å²) < 4.78 is 22.2. The summed E-state index contributed by atoms with van der Waals surface area (Å²) in [6.45, 7) is 3.65. The van der Waals surface area contributed by atoms with Gasteiger partial charge in [-0.1, -0.05) is 0 Å². The van der Waals surface area contributed by atoms with Gasteiger partial charge in [0, 0.05) is 11.1 Å². The van der Waals surface area contributed by atoms with Crippen LogP contribution in [0.15, 0.2) is 23.0 Å². The summed E-state index contributed by atoms with van der Waals surface area (Å²) >= 11 is 0. The number of carbonyl (C=O) groups is 2. The molecule has 0 saturated carbocycles. The third-order valence-corrected chi connectivity index (χ3v) is 5.23. The summed E-state index contributed by atoms with van der Waals surface area (Å²) in [4.78, 5) is 24.1. The van der Waals surface area contributed by atoms with E-state index in [0.717, 1.165) is 6.42 Å². The van der Waals surface area contributed by atoms with E-state index < -0.39 is 23.3 Å². The molecule has 5 aliphatic rings. The van der Waals surface area contributed by atoms with Gasteiger partial charge in [-0.3, -0.25) is 0 Å². The van der Waals surface area contributed by atoms with Crippen LogP contribution in [0.2, 0.25) is 0 Å². The van der Waals surface area contributed by atoms with Gasteiger partial charge in [0.2, 0.25) is 0 Å². The number of esters is 2. The molecule has 0 radical (unpaired) electrons. The van der Waals surface area contributed by atoms with Crippen molar-refractivity contribution in [3.63, 3.8) is 0 Å². The molecule has 0 aromatic carbocycles. The van der Waals surface area contributed by atoms with Crippen molar-refractivity contribution in [2.75, 3.05) is 0 Å². The van der Waals surface area contributed by atoms with Crippen molar-refractivity contribution in [1.82, 2.24) is 0 Å². The van der Waals surface area contributed by atoms with E-state index in [1.165, 1.54) is 0 Å². The van der Waals surface area contributed by atoms with Gasteiger partial charge in [-0.15, -0.1) is 0 Å². The monoisotopic (exact) mass is 290 g/mol. The first kappa shape index (κ1) is 11.9. The van der Waals surface area contributed by atoms with Crippen LogP contribution in [0.1, 0.15) is 26.7 Å². The summed E-state index contributed by atoms with van der Waals surface area (Å²) in [5, 5.41) is 0. The maximum atomic E-state index is 12.2. The van der Waals surface area contributed by atoms with Gasteiger partial charge >= 0.3 is 11.9 Å². The van der Waals surface area contributed by atoms with Crippen LogP contribution in [0.25, 0.3) is 0 Å². The van der Waals surface area contributed by atoms with Crippen LogP contribution < -0.4 is 0 Å². The van der Waals surface area contributed by atoms with E-state index in [4.69, 9.17) is 18.9 Å². The van der Waals surface area contributed by atoms with Crippen LogP contribution in [-0.2, 0) is 28.5 Å². The van der Waals surface area contributed by atoms with Crippen LogP contribution in [0.4, 0.5) is 0 Å². The summed E-state index contributed by atoms with van der Waals surface area (Å²) in [6, 6.07) is 0. The highest BCUT2D eigenvalue weighted by atomic mass is 16.7. The minimum Gasteiger partial charge on any atom is -0.452 e. The van der Waals surface area contributed by atoms with Crippen molar-refractivity contribution < 1.29 is 28.5 Å². The molecule has 0 N–H and O–H groups in total. The fourth-order valence-electron chi connectivity index (χ4n) is 3.79. The van der Waals surface area contributed by atoms with Crippen LogP contribution >= 0.6 is 0 Å². The van der Waals surface area contributed by atoms with Gasteiger partial charge in [0.25, 0.3) is 0 Å². The Kier molecular flexibility index (Phi) is 1.83. The molecule has 2 bridgehead atoms. The number of rotatable bonds is 0. The molecule has 5 atom stereocenters. The molecule has 6 nitrogen and oxygen atoms in total. The molecule has 3 saturated heterocycles. The van der Waals surface area contributed by atoms with Crippen LogP contribution in [0, 0.1) is 0 Å². The van der Waals surface area contributed by atoms with Crippen molar-refractivity contribution in [1.29, 1.82) is 0 Å². The molecule has 1 aliphatic carbocycles. The fraction of sp³-hybridized carbons (Fsp3) is 0.600. The first-order chi connectivity index (χ1) is 9.94. The lowest BCUT2D eigenvalue weighted by Gasteiger charge is -2.14. The normalized spacial score (nSPS) is 52.1. The van der Waals surface area contributed by atoms with E-state index in [0.29, 0.717) is 23.3 Å². The minimum absolute atomic E-state index is 0.0232. The molecule has 0 amide bonds. The largest absolute Gasteiger partial charge is 0.452 e. The van der Waals surface area contributed by atoms with E-state index in [9.17, 15) is 9.59 Å². The Hall–Kier alpha value is -1.66. The Morgan fingerprint density at radius 3 is 2.86 bits per heavy atom. The molecule has 5 rings (SSSR count). The van der Waals surface area contributed by atoms with Crippen molar-refractivity contribution in [3.05, 3.63) is 23.0 Å². The Morgan fingerprint density at radius 2 is 2.10 bits per heavy atom. The zero-order chi connectivity index (χ0) is 14.6. The molecule has 110 valence electrons. The molecule has 0 unspecified atom stereocenters. The predicted molar refractivity (Wildman–Crippen MR) is 66.9 cm³/mol. The number of ether oxygens (including phenoxy) is 4. The number of fused-ring (bicyclic) bond motifs is 3.